The van der Waals surface area contributed by atoms with Gasteiger partial charge in [0.25, 0.3) is 0 Å². The largest absolute Gasteiger partial charge is 0.234 e. The molecule has 0 N–H and O–H groups in total. The molecule has 0 aromatic heterocycles. The van der Waals surface area contributed by atoms with E-state index in [4.69, 9.17) is 0 Å². The van der Waals surface area contributed by atoms with E-state index in [9.17, 15) is 4.39 Å². The molecule has 12 heavy (non-hydrogen) atoms. The SMILES string of the molecule is C=CC(C)(F)c1ccc(C)cc1. The molecule has 0 saturated carbocycles. The van der Waals surface area contributed by atoms with Crippen molar-refractivity contribution in [1.82, 2.24) is 0 Å². The van der Waals surface area contributed by atoms with Crippen molar-refractivity contribution in [2.75, 3.05) is 0 Å². The normalized spacial score (nSPS) is 15.2. The molecule has 0 fully saturated rings. The molecule has 1 heteroatoms. The number of allylic oxidation sites excluding steroid dienone is 1. The minimum Gasteiger partial charge on any atom is -0.234 e. The fraction of sp³-hybridized carbons (Fsp3) is 0.273. The molecule has 0 amide bonds. The van der Waals surface area contributed by atoms with E-state index in [1.165, 1.54) is 13.0 Å². The Morgan fingerprint density at radius 2 is 1.83 bits per heavy atom. The van der Waals surface area contributed by atoms with Crippen LogP contribution >= 0.6 is 0 Å². The highest BCUT2D eigenvalue weighted by Gasteiger charge is 2.20. The smallest absolute Gasteiger partial charge is 0.151 e. The second kappa shape index (κ2) is 3.10. The summed E-state index contributed by atoms with van der Waals surface area (Å²) in [7, 11) is 0. The van der Waals surface area contributed by atoms with Gasteiger partial charge in [0, 0.05) is 0 Å². The molecule has 0 aliphatic heterocycles. The maximum atomic E-state index is 13.6. The fourth-order valence-electron chi connectivity index (χ4n) is 0.997. The Hall–Kier alpha value is -1.11. The third-order valence-electron chi connectivity index (χ3n) is 2.00. The van der Waals surface area contributed by atoms with E-state index in [0.29, 0.717) is 5.56 Å². The average molecular weight is 164 g/mol. The molecule has 1 aromatic rings. The highest BCUT2D eigenvalue weighted by atomic mass is 19.1. The zero-order chi connectivity index (χ0) is 9.19. The zero-order valence-electron chi connectivity index (χ0n) is 7.47. The van der Waals surface area contributed by atoms with Crippen LogP contribution in [-0.2, 0) is 5.67 Å². The Labute approximate surface area is 72.7 Å². The lowest BCUT2D eigenvalue weighted by atomic mass is 9.97. The van der Waals surface area contributed by atoms with Crippen LogP contribution < -0.4 is 0 Å². The van der Waals surface area contributed by atoms with Gasteiger partial charge in [0.05, 0.1) is 0 Å². The molecule has 0 spiro atoms. The van der Waals surface area contributed by atoms with Crippen LogP contribution in [0.5, 0.6) is 0 Å². The lowest BCUT2D eigenvalue weighted by Gasteiger charge is -2.15. The van der Waals surface area contributed by atoms with E-state index in [2.05, 4.69) is 6.58 Å². The molecule has 1 atom stereocenters. The van der Waals surface area contributed by atoms with Gasteiger partial charge in [-0.25, -0.2) is 4.39 Å². The first kappa shape index (κ1) is 8.98. The second-order valence-electron chi connectivity index (χ2n) is 3.15. The first-order chi connectivity index (χ1) is 5.56. The van der Waals surface area contributed by atoms with E-state index in [0.717, 1.165) is 5.56 Å². The van der Waals surface area contributed by atoms with Crippen molar-refractivity contribution in [3.63, 3.8) is 0 Å². The van der Waals surface area contributed by atoms with Crippen molar-refractivity contribution in [3.8, 4) is 0 Å². The van der Waals surface area contributed by atoms with Crippen LogP contribution in [-0.4, -0.2) is 0 Å². The standard InChI is InChI=1S/C11H13F/c1-4-11(3,12)10-7-5-9(2)6-8-10/h4-8H,1H2,2-3H3. The third-order valence-corrected chi connectivity index (χ3v) is 2.00. The molecule has 1 rings (SSSR count). The maximum Gasteiger partial charge on any atom is 0.151 e. The number of aryl methyl sites for hydroxylation is 1. The van der Waals surface area contributed by atoms with Gasteiger partial charge < -0.3 is 0 Å². The molecule has 1 unspecified atom stereocenters. The predicted molar refractivity (Wildman–Crippen MR) is 49.8 cm³/mol. The summed E-state index contributed by atoms with van der Waals surface area (Å²) < 4.78 is 13.6. The van der Waals surface area contributed by atoms with E-state index >= 15 is 0 Å². The van der Waals surface area contributed by atoms with E-state index < -0.39 is 5.67 Å². The van der Waals surface area contributed by atoms with E-state index in [1.54, 1.807) is 12.1 Å². The van der Waals surface area contributed by atoms with Gasteiger partial charge in [-0.2, -0.15) is 0 Å². The van der Waals surface area contributed by atoms with Crippen molar-refractivity contribution >= 4 is 0 Å². The zero-order valence-corrected chi connectivity index (χ0v) is 7.47. The molecule has 0 heterocycles. The summed E-state index contributed by atoms with van der Waals surface area (Å²) in [6.45, 7) is 6.94. The molecular weight excluding hydrogens is 151 g/mol. The van der Waals surface area contributed by atoms with Crippen LogP contribution in [0.15, 0.2) is 36.9 Å². The molecule has 0 saturated heterocycles. The van der Waals surface area contributed by atoms with E-state index in [1.807, 2.05) is 19.1 Å². The minimum absolute atomic E-state index is 0.656. The summed E-state index contributed by atoms with van der Waals surface area (Å²) in [5.41, 5.74) is 0.384. The van der Waals surface area contributed by atoms with Crippen molar-refractivity contribution in [2.24, 2.45) is 0 Å². The number of halogens is 1. The monoisotopic (exact) mass is 164 g/mol. The average Bonchev–Trinajstić information content (AvgIpc) is 2.05. The Bertz CT molecular complexity index is 270. The lowest BCUT2D eigenvalue weighted by molar-refractivity contribution is 0.264. The molecule has 0 radical (unpaired) electrons. The lowest BCUT2D eigenvalue weighted by Crippen LogP contribution is -2.10. The first-order valence-corrected chi connectivity index (χ1v) is 3.96. The van der Waals surface area contributed by atoms with Gasteiger partial charge in [0.2, 0.25) is 0 Å². The Kier molecular flexibility index (Phi) is 2.32. The van der Waals surface area contributed by atoms with Gasteiger partial charge in [0.15, 0.2) is 5.67 Å². The first-order valence-electron chi connectivity index (χ1n) is 3.96. The predicted octanol–water partition coefficient (Wildman–Crippen LogP) is 3.37. The van der Waals surface area contributed by atoms with Gasteiger partial charge in [0.1, 0.15) is 0 Å². The van der Waals surface area contributed by atoms with Gasteiger partial charge in [-0.3, -0.25) is 0 Å². The highest BCUT2D eigenvalue weighted by Crippen LogP contribution is 2.26. The van der Waals surface area contributed by atoms with Crippen molar-refractivity contribution in [2.45, 2.75) is 19.5 Å². The Balaban J connectivity index is 3.04. The number of hydrogen-bond donors (Lipinski definition) is 0. The minimum atomic E-state index is -1.41. The molecule has 0 aliphatic rings. The van der Waals surface area contributed by atoms with Crippen LogP contribution in [0.1, 0.15) is 18.1 Å². The Morgan fingerprint density at radius 3 is 2.25 bits per heavy atom. The van der Waals surface area contributed by atoms with Gasteiger partial charge in [-0.15, -0.1) is 0 Å². The fourth-order valence-corrected chi connectivity index (χ4v) is 0.997. The summed E-state index contributed by atoms with van der Waals surface area (Å²) >= 11 is 0. The van der Waals surface area contributed by atoms with Crippen molar-refractivity contribution < 1.29 is 4.39 Å². The molecule has 0 bridgehead atoms. The quantitative estimate of drug-likeness (QED) is 0.588. The molecule has 64 valence electrons. The number of benzene rings is 1. The molecule has 0 nitrogen and oxygen atoms in total. The topological polar surface area (TPSA) is 0 Å². The molecule has 0 aliphatic carbocycles. The summed E-state index contributed by atoms with van der Waals surface area (Å²) in [6.07, 6.45) is 1.32. The summed E-state index contributed by atoms with van der Waals surface area (Å²) in [4.78, 5) is 0. The summed E-state index contributed by atoms with van der Waals surface area (Å²) in [6, 6.07) is 7.38. The van der Waals surface area contributed by atoms with Crippen molar-refractivity contribution in [3.05, 3.63) is 48.0 Å². The van der Waals surface area contributed by atoms with Crippen LogP contribution in [0.2, 0.25) is 0 Å². The van der Waals surface area contributed by atoms with Crippen molar-refractivity contribution in [1.29, 1.82) is 0 Å². The summed E-state index contributed by atoms with van der Waals surface area (Å²) in [5.74, 6) is 0. The summed E-state index contributed by atoms with van der Waals surface area (Å²) in [5, 5.41) is 0. The van der Waals surface area contributed by atoms with E-state index in [-0.39, 0.29) is 0 Å². The Morgan fingerprint density at radius 1 is 1.33 bits per heavy atom. The molecular formula is C11H13F. The number of alkyl halides is 1. The maximum absolute atomic E-state index is 13.6. The second-order valence-corrected chi connectivity index (χ2v) is 3.15. The number of rotatable bonds is 2. The van der Waals surface area contributed by atoms with Crippen LogP contribution in [0, 0.1) is 6.92 Å². The van der Waals surface area contributed by atoms with Gasteiger partial charge >= 0.3 is 0 Å². The third kappa shape index (κ3) is 1.73. The van der Waals surface area contributed by atoms with Gasteiger partial charge in [-0.1, -0.05) is 42.5 Å². The van der Waals surface area contributed by atoms with Gasteiger partial charge in [-0.05, 0) is 19.4 Å². The van der Waals surface area contributed by atoms with Crippen LogP contribution in [0.25, 0.3) is 0 Å². The highest BCUT2D eigenvalue weighted by molar-refractivity contribution is 5.28. The molecule has 1 aromatic carbocycles. The van der Waals surface area contributed by atoms with Crippen LogP contribution in [0.3, 0.4) is 0 Å². The van der Waals surface area contributed by atoms with Crippen LogP contribution in [0.4, 0.5) is 4.39 Å². The number of hydrogen-bond acceptors (Lipinski definition) is 0.